The summed E-state index contributed by atoms with van der Waals surface area (Å²) in [5.41, 5.74) is -4.22. The van der Waals surface area contributed by atoms with Gasteiger partial charge in [-0.1, -0.05) is 23.7 Å². The summed E-state index contributed by atoms with van der Waals surface area (Å²) in [6.45, 7) is 0. The number of carbonyl (C=O) groups is 1. The van der Waals surface area contributed by atoms with E-state index in [9.17, 15) is 39.6 Å². The molecule has 2 aromatic heterocycles. The summed E-state index contributed by atoms with van der Waals surface area (Å²) < 4.78 is 104. The third-order valence-corrected chi connectivity index (χ3v) is 6.22. The molecule has 0 aliphatic carbocycles. The van der Waals surface area contributed by atoms with E-state index in [1.165, 1.54) is 18.2 Å². The van der Waals surface area contributed by atoms with E-state index in [1.807, 2.05) is 0 Å². The maximum atomic E-state index is 13.8. The van der Waals surface area contributed by atoms with Crippen molar-refractivity contribution in [2.45, 2.75) is 17.2 Å². The molecule has 3 N–H and O–H groups in total. The number of amides is 1. The number of carbonyl (C=O) groups excluding carboxylic acids is 1. The summed E-state index contributed by atoms with van der Waals surface area (Å²) in [5.74, 6) is -0.996. The van der Waals surface area contributed by atoms with E-state index in [4.69, 9.17) is 16.7 Å². The van der Waals surface area contributed by atoms with Crippen molar-refractivity contribution in [2.24, 2.45) is 5.14 Å². The predicted octanol–water partition coefficient (Wildman–Crippen LogP) is 4.99. The van der Waals surface area contributed by atoms with Gasteiger partial charge < -0.3 is 5.32 Å². The minimum absolute atomic E-state index is 0.0439. The van der Waals surface area contributed by atoms with Crippen molar-refractivity contribution in [3.05, 3.63) is 76.6 Å². The van der Waals surface area contributed by atoms with Crippen LogP contribution in [0.1, 0.15) is 21.6 Å². The number of primary sulfonamides is 1. The molecule has 0 unspecified atom stereocenters. The zero-order chi connectivity index (χ0) is 27.3. The molecule has 8 nitrogen and oxygen atoms in total. The van der Waals surface area contributed by atoms with Crippen molar-refractivity contribution in [2.75, 3.05) is 5.32 Å². The Balaban J connectivity index is 1.82. The third kappa shape index (κ3) is 5.38. The average Bonchev–Trinajstić information content (AvgIpc) is 3.20. The summed E-state index contributed by atoms with van der Waals surface area (Å²) in [6, 6.07) is 7.62. The topological polar surface area (TPSA) is 119 Å². The maximum absolute atomic E-state index is 13.8. The van der Waals surface area contributed by atoms with Gasteiger partial charge in [0.25, 0.3) is 5.91 Å². The summed E-state index contributed by atoms with van der Waals surface area (Å²) in [4.78, 5) is 16.5. The Kier molecular flexibility index (Phi) is 6.42. The number of nitrogens with zero attached hydrogens (tertiary/aromatic N) is 3. The molecule has 2 aromatic carbocycles. The van der Waals surface area contributed by atoms with Crippen LogP contribution in [0, 0.1) is 0 Å². The number of hydrogen-bond acceptors (Lipinski definition) is 5. The van der Waals surface area contributed by atoms with Gasteiger partial charge in [-0.25, -0.2) is 23.1 Å². The quantitative estimate of drug-likeness (QED) is 0.339. The lowest BCUT2D eigenvalue weighted by molar-refractivity contribution is -0.142. The first kappa shape index (κ1) is 26.4. The zero-order valence-corrected chi connectivity index (χ0v) is 19.5. The normalized spacial score (nSPS) is 12.6. The molecule has 2 heterocycles. The minimum atomic E-state index is -4.99. The molecule has 0 aliphatic rings. The molecule has 0 bridgehead atoms. The highest BCUT2D eigenvalue weighted by Crippen LogP contribution is 2.38. The fourth-order valence-corrected chi connectivity index (χ4v) is 4.17. The Hall–Kier alpha value is -3.69. The SMILES string of the molecule is NS(=O)(=O)c1cccc(NC(=O)c2cnn3c(C(F)(F)F)cc(-c4ccc(C(F)(F)F)c(Cl)c4)nc23)c1. The zero-order valence-electron chi connectivity index (χ0n) is 17.9. The summed E-state index contributed by atoms with van der Waals surface area (Å²) >= 11 is 5.70. The number of nitrogens with one attached hydrogen (secondary N) is 1. The van der Waals surface area contributed by atoms with Crippen LogP contribution in [0.2, 0.25) is 5.02 Å². The summed E-state index contributed by atoms with van der Waals surface area (Å²) in [7, 11) is -4.11. The van der Waals surface area contributed by atoms with Crippen molar-refractivity contribution in [1.29, 1.82) is 0 Å². The molecule has 4 aromatic rings. The Morgan fingerprint density at radius 1 is 1.00 bits per heavy atom. The molecule has 0 atom stereocenters. The second-order valence-corrected chi connectivity index (χ2v) is 9.51. The van der Waals surface area contributed by atoms with Crippen molar-refractivity contribution in [1.82, 2.24) is 14.6 Å². The van der Waals surface area contributed by atoms with E-state index in [2.05, 4.69) is 15.4 Å². The van der Waals surface area contributed by atoms with Gasteiger partial charge in [-0.05, 0) is 36.4 Å². The standard InChI is InChI=1S/C21H12ClF6N5O3S/c22-15-6-10(4-5-14(15)20(23,24)25)16-8-17(21(26,27)28)33-18(32-16)13(9-30-33)19(34)31-11-2-1-3-12(7-11)37(29,35)36/h1-9H,(H,31,34)(H2,29,35,36). The van der Waals surface area contributed by atoms with Crippen LogP contribution in [-0.4, -0.2) is 28.9 Å². The number of anilines is 1. The van der Waals surface area contributed by atoms with E-state index in [0.717, 1.165) is 24.4 Å². The number of fused-ring (bicyclic) bond motifs is 1. The number of alkyl halides is 6. The van der Waals surface area contributed by atoms with Crippen LogP contribution in [0.3, 0.4) is 0 Å². The van der Waals surface area contributed by atoms with Crippen LogP contribution in [-0.2, 0) is 22.4 Å². The van der Waals surface area contributed by atoms with Gasteiger partial charge in [0.2, 0.25) is 10.0 Å². The van der Waals surface area contributed by atoms with Crippen LogP contribution in [0.25, 0.3) is 16.9 Å². The Morgan fingerprint density at radius 3 is 2.30 bits per heavy atom. The molecule has 0 spiro atoms. The van der Waals surface area contributed by atoms with Crippen molar-refractivity contribution in [3.8, 4) is 11.3 Å². The average molecular weight is 564 g/mol. The molecule has 4 rings (SSSR count). The molecule has 37 heavy (non-hydrogen) atoms. The lowest BCUT2D eigenvalue weighted by Crippen LogP contribution is -2.16. The first-order chi connectivity index (χ1) is 17.1. The molecule has 194 valence electrons. The maximum Gasteiger partial charge on any atom is 0.433 e. The van der Waals surface area contributed by atoms with Gasteiger partial charge in [0.15, 0.2) is 11.3 Å². The van der Waals surface area contributed by atoms with E-state index in [1.54, 1.807) is 0 Å². The number of hydrogen-bond donors (Lipinski definition) is 2. The van der Waals surface area contributed by atoms with Gasteiger partial charge >= 0.3 is 12.4 Å². The highest BCUT2D eigenvalue weighted by molar-refractivity contribution is 7.89. The lowest BCUT2D eigenvalue weighted by atomic mass is 10.1. The smallest absolute Gasteiger partial charge is 0.322 e. The second kappa shape index (κ2) is 9.00. The molecule has 0 aliphatic heterocycles. The van der Waals surface area contributed by atoms with Gasteiger partial charge in [0.1, 0.15) is 5.56 Å². The highest BCUT2D eigenvalue weighted by atomic mass is 35.5. The van der Waals surface area contributed by atoms with Crippen LogP contribution in [0.5, 0.6) is 0 Å². The van der Waals surface area contributed by atoms with E-state index >= 15 is 0 Å². The molecule has 0 radical (unpaired) electrons. The summed E-state index contributed by atoms with van der Waals surface area (Å²) in [5, 5.41) is 10.2. The molecular weight excluding hydrogens is 552 g/mol. The Labute approximate surface area is 208 Å². The first-order valence-corrected chi connectivity index (χ1v) is 11.8. The minimum Gasteiger partial charge on any atom is -0.322 e. The van der Waals surface area contributed by atoms with Crippen LogP contribution >= 0.6 is 11.6 Å². The van der Waals surface area contributed by atoms with Crippen LogP contribution in [0.4, 0.5) is 32.0 Å². The molecule has 0 saturated heterocycles. The van der Waals surface area contributed by atoms with Crippen molar-refractivity contribution >= 4 is 38.9 Å². The lowest BCUT2D eigenvalue weighted by Gasteiger charge is -2.13. The molecular formula is C21H12ClF6N5O3S. The third-order valence-electron chi connectivity index (χ3n) is 5.00. The predicted molar refractivity (Wildman–Crippen MR) is 119 cm³/mol. The number of sulfonamides is 1. The van der Waals surface area contributed by atoms with Crippen LogP contribution in [0.15, 0.2) is 59.6 Å². The van der Waals surface area contributed by atoms with Gasteiger partial charge in [0, 0.05) is 11.3 Å². The van der Waals surface area contributed by atoms with Gasteiger partial charge in [-0.2, -0.15) is 31.4 Å². The second-order valence-electron chi connectivity index (χ2n) is 7.54. The van der Waals surface area contributed by atoms with E-state index in [0.29, 0.717) is 16.6 Å². The fourth-order valence-electron chi connectivity index (χ4n) is 3.33. The van der Waals surface area contributed by atoms with E-state index in [-0.39, 0.29) is 16.1 Å². The molecule has 0 saturated carbocycles. The van der Waals surface area contributed by atoms with Gasteiger partial charge in [0.05, 0.1) is 27.4 Å². The fraction of sp³-hybridized carbons (Fsp3) is 0.0952. The number of halogens is 7. The Bertz CT molecular complexity index is 1650. The number of benzene rings is 2. The Morgan fingerprint density at radius 2 is 1.70 bits per heavy atom. The van der Waals surface area contributed by atoms with Crippen molar-refractivity contribution in [3.63, 3.8) is 0 Å². The number of nitrogens with two attached hydrogens (primary N) is 1. The number of rotatable bonds is 4. The van der Waals surface area contributed by atoms with Crippen LogP contribution < -0.4 is 10.5 Å². The monoisotopic (exact) mass is 563 g/mol. The number of aromatic nitrogens is 3. The molecule has 1 amide bonds. The summed E-state index contributed by atoms with van der Waals surface area (Å²) in [6.07, 6.45) is -8.98. The van der Waals surface area contributed by atoms with Gasteiger partial charge in [-0.15, -0.1) is 0 Å². The van der Waals surface area contributed by atoms with Gasteiger partial charge in [-0.3, -0.25) is 4.79 Å². The molecule has 0 fully saturated rings. The molecule has 16 heteroatoms. The van der Waals surface area contributed by atoms with Crippen molar-refractivity contribution < 1.29 is 39.6 Å². The largest absolute Gasteiger partial charge is 0.433 e. The first-order valence-electron chi connectivity index (χ1n) is 9.83. The van der Waals surface area contributed by atoms with E-state index < -0.39 is 61.5 Å². The highest BCUT2D eigenvalue weighted by Gasteiger charge is 2.37.